The number of carbonyl (C=O) groups excluding carboxylic acids is 1. The molecule has 19 heavy (non-hydrogen) atoms. The molecule has 0 aliphatic carbocycles. The van der Waals surface area contributed by atoms with Crippen LogP contribution in [0.5, 0.6) is 0 Å². The fourth-order valence-electron chi connectivity index (χ4n) is 1.96. The number of amides is 1. The summed E-state index contributed by atoms with van der Waals surface area (Å²) in [6.45, 7) is 1.72. The molecule has 0 bridgehead atoms. The molecule has 1 aliphatic heterocycles. The monoisotopic (exact) mass is 259 g/mol. The first-order chi connectivity index (χ1) is 9.01. The van der Waals surface area contributed by atoms with Gasteiger partial charge in [-0.1, -0.05) is 5.92 Å². The number of carbonyl (C=O) groups is 1. The highest BCUT2D eigenvalue weighted by atomic mass is 16.6. The Kier molecular flexibility index (Phi) is 3.38. The summed E-state index contributed by atoms with van der Waals surface area (Å²) in [5, 5.41) is 16.7. The average Bonchev–Trinajstić information content (AvgIpc) is 2.37. The molecule has 6 heteroatoms. The number of nitro benzene ring substituents is 1. The second-order valence-electron chi connectivity index (χ2n) is 4.36. The molecule has 2 rings (SSSR count). The van der Waals surface area contributed by atoms with Crippen molar-refractivity contribution >= 4 is 23.0 Å². The number of anilines is 2. The average molecular weight is 259 g/mol. The predicted molar refractivity (Wildman–Crippen MR) is 72.0 cm³/mol. The number of benzene rings is 1. The highest BCUT2D eigenvalue weighted by Gasteiger charge is 2.22. The second kappa shape index (κ2) is 4.98. The summed E-state index contributed by atoms with van der Waals surface area (Å²) in [6, 6.07) is 2.72. The summed E-state index contributed by atoms with van der Waals surface area (Å²) in [6.07, 6.45) is 6.11. The van der Waals surface area contributed by atoms with Crippen molar-refractivity contribution in [3.63, 3.8) is 0 Å². The molecule has 1 aliphatic rings. The van der Waals surface area contributed by atoms with Gasteiger partial charge >= 0.3 is 0 Å². The van der Waals surface area contributed by atoms with Crippen LogP contribution in [0, 0.1) is 22.5 Å². The number of rotatable bonds is 3. The second-order valence-corrected chi connectivity index (χ2v) is 4.36. The number of fused-ring (bicyclic) bond motifs is 1. The molecular weight excluding hydrogens is 246 g/mol. The van der Waals surface area contributed by atoms with E-state index in [4.69, 9.17) is 6.42 Å². The summed E-state index contributed by atoms with van der Waals surface area (Å²) in [4.78, 5) is 21.9. The van der Waals surface area contributed by atoms with Crippen molar-refractivity contribution in [2.45, 2.75) is 25.8 Å². The van der Waals surface area contributed by atoms with Crippen molar-refractivity contribution in [2.75, 3.05) is 10.6 Å². The van der Waals surface area contributed by atoms with Gasteiger partial charge in [0, 0.05) is 18.2 Å². The third-order valence-corrected chi connectivity index (χ3v) is 2.94. The Morgan fingerprint density at radius 3 is 2.89 bits per heavy atom. The maximum absolute atomic E-state index is 11.3. The SMILES string of the molecule is C#CC(C)Nc1cc2c(cc1[N+](=O)[O-])CCC(=O)N2. The summed E-state index contributed by atoms with van der Waals surface area (Å²) in [5.41, 5.74) is 1.66. The van der Waals surface area contributed by atoms with Crippen molar-refractivity contribution in [3.8, 4) is 12.3 Å². The van der Waals surface area contributed by atoms with E-state index in [-0.39, 0.29) is 17.6 Å². The smallest absolute Gasteiger partial charge is 0.292 e. The van der Waals surface area contributed by atoms with Gasteiger partial charge in [-0.15, -0.1) is 6.42 Å². The normalized spacial score (nSPS) is 14.8. The van der Waals surface area contributed by atoms with E-state index in [9.17, 15) is 14.9 Å². The van der Waals surface area contributed by atoms with Crippen LogP contribution in [0.3, 0.4) is 0 Å². The quantitative estimate of drug-likeness (QED) is 0.493. The minimum atomic E-state index is -0.456. The third-order valence-electron chi connectivity index (χ3n) is 2.94. The minimum absolute atomic E-state index is 0.0306. The largest absolute Gasteiger partial charge is 0.366 e. The van der Waals surface area contributed by atoms with E-state index in [0.717, 1.165) is 5.56 Å². The summed E-state index contributed by atoms with van der Waals surface area (Å²) >= 11 is 0. The Hall–Kier alpha value is -2.55. The maximum Gasteiger partial charge on any atom is 0.292 e. The van der Waals surface area contributed by atoms with Gasteiger partial charge in [0.15, 0.2) is 0 Å². The Balaban J connectivity index is 2.45. The van der Waals surface area contributed by atoms with Gasteiger partial charge in [0.25, 0.3) is 5.69 Å². The predicted octanol–water partition coefficient (Wildman–Crippen LogP) is 1.91. The zero-order chi connectivity index (χ0) is 14.0. The van der Waals surface area contributed by atoms with Crippen molar-refractivity contribution < 1.29 is 9.72 Å². The van der Waals surface area contributed by atoms with Crippen molar-refractivity contribution in [1.82, 2.24) is 0 Å². The molecule has 0 spiro atoms. The van der Waals surface area contributed by atoms with Gasteiger partial charge in [-0.05, 0) is 25.0 Å². The van der Waals surface area contributed by atoms with Gasteiger partial charge in [0.2, 0.25) is 5.91 Å². The van der Waals surface area contributed by atoms with Gasteiger partial charge in [-0.25, -0.2) is 0 Å². The van der Waals surface area contributed by atoms with Crippen molar-refractivity contribution in [3.05, 3.63) is 27.8 Å². The lowest BCUT2D eigenvalue weighted by Crippen LogP contribution is -2.20. The molecule has 1 atom stereocenters. The first-order valence-electron chi connectivity index (χ1n) is 5.85. The lowest BCUT2D eigenvalue weighted by Gasteiger charge is -2.19. The number of terminal acetylenes is 1. The molecule has 0 aromatic heterocycles. The van der Waals surface area contributed by atoms with Gasteiger partial charge in [-0.3, -0.25) is 14.9 Å². The fourth-order valence-corrected chi connectivity index (χ4v) is 1.96. The van der Waals surface area contributed by atoms with Gasteiger partial charge in [-0.2, -0.15) is 0 Å². The van der Waals surface area contributed by atoms with Crippen LogP contribution < -0.4 is 10.6 Å². The fraction of sp³-hybridized carbons (Fsp3) is 0.308. The van der Waals surface area contributed by atoms with E-state index in [1.54, 1.807) is 13.0 Å². The summed E-state index contributed by atoms with van der Waals surface area (Å²) < 4.78 is 0. The zero-order valence-electron chi connectivity index (χ0n) is 10.4. The maximum atomic E-state index is 11.3. The number of hydrogen-bond acceptors (Lipinski definition) is 4. The molecular formula is C13H13N3O3. The summed E-state index contributed by atoms with van der Waals surface area (Å²) in [5.74, 6) is 2.36. The van der Waals surface area contributed by atoms with Gasteiger partial charge < -0.3 is 10.6 Å². The number of nitrogens with one attached hydrogen (secondary N) is 2. The van der Waals surface area contributed by atoms with Crippen molar-refractivity contribution in [1.29, 1.82) is 0 Å². The van der Waals surface area contributed by atoms with E-state index >= 15 is 0 Å². The standard InChI is InChI=1S/C13H13N3O3/c1-3-8(2)14-11-7-10-9(4-5-13(17)15-10)6-12(11)16(18)19/h1,6-8,14H,4-5H2,2H3,(H,15,17). The first kappa shape index (κ1) is 12.9. The van der Waals surface area contributed by atoms with Crippen molar-refractivity contribution in [2.24, 2.45) is 0 Å². The molecule has 0 radical (unpaired) electrons. The molecule has 1 aromatic rings. The molecule has 0 saturated heterocycles. The minimum Gasteiger partial charge on any atom is -0.366 e. The highest BCUT2D eigenvalue weighted by Crippen LogP contribution is 2.34. The zero-order valence-corrected chi connectivity index (χ0v) is 10.4. The molecule has 98 valence electrons. The Bertz CT molecular complexity index is 590. The lowest BCUT2D eigenvalue weighted by molar-refractivity contribution is -0.384. The van der Waals surface area contributed by atoms with Gasteiger partial charge in [0.1, 0.15) is 5.69 Å². The number of aryl methyl sites for hydroxylation is 1. The summed E-state index contributed by atoms with van der Waals surface area (Å²) in [7, 11) is 0. The van der Waals surface area contributed by atoms with Crippen LogP contribution in [0.1, 0.15) is 18.9 Å². The molecule has 6 nitrogen and oxygen atoms in total. The van der Waals surface area contributed by atoms with Gasteiger partial charge in [0.05, 0.1) is 11.0 Å². The molecule has 1 heterocycles. The van der Waals surface area contributed by atoms with Crippen LogP contribution in [0.15, 0.2) is 12.1 Å². The Morgan fingerprint density at radius 1 is 1.53 bits per heavy atom. The molecule has 0 saturated carbocycles. The van der Waals surface area contributed by atoms with E-state index in [1.807, 2.05) is 0 Å². The molecule has 2 N–H and O–H groups in total. The lowest BCUT2D eigenvalue weighted by atomic mass is 10.0. The number of nitro groups is 1. The highest BCUT2D eigenvalue weighted by molar-refractivity contribution is 5.95. The topological polar surface area (TPSA) is 84.3 Å². The van der Waals surface area contributed by atoms with Crippen LogP contribution in [0.4, 0.5) is 17.1 Å². The molecule has 1 amide bonds. The number of hydrogen-bond donors (Lipinski definition) is 2. The van der Waals surface area contributed by atoms with E-state index in [0.29, 0.717) is 24.2 Å². The van der Waals surface area contributed by atoms with E-state index in [1.165, 1.54) is 6.07 Å². The Labute approximate surface area is 110 Å². The van der Waals surface area contributed by atoms with Crippen LogP contribution in [-0.2, 0) is 11.2 Å². The third kappa shape index (κ3) is 2.65. The molecule has 1 unspecified atom stereocenters. The first-order valence-corrected chi connectivity index (χ1v) is 5.85. The van der Waals surface area contributed by atoms with E-state index in [2.05, 4.69) is 16.6 Å². The van der Waals surface area contributed by atoms with E-state index < -0.39 is 4.92 Å². The van der Waals surface area contributed by atoms with Crippen LogP contribution in [-0.4, -0.2) is 16.9 Å². The number of nitrogens with zero attached hydrogens (tertiary/aromatic N) is 1. The van der Waals surface area contributed by atoms with Crippen LogP contribution >= 0.6 is 0 Å². The van der Waals surface area contributed by atoms with Crippen LogP contribution in [0.2, 0.25) is 0 Å². The van der Waals surface area contributed by atoms with Crippen LogP contribution in [0.25, 0.3) is 0 Å². The molecule has 0 fully saturated rings. The molecule has 1 aromatic carbocycles. The Morgan fingerprint density at radius 2 is 2.26 bits per heavy atom.